The molecule has 0 bridgehead atoms. The van der Waals surface area contributed by atoms with Crippen LogP contribution in [0.1, 0.15) is 5.82 Å². The Morgan fingerprint density at radius 3 is 2.94 bits per heavy atom. The third-order valence-electron chi connectivity index (χ3n) is 2.57. The second kappa shape index (κ2) is 4.84. The second-order valence-corrected chi connectivity index (χ2v) is 3.84. The van der Waals surface area contributed by atoms with Gasteiger partial charge in [0, 0.05) is 26.5 Å². The fourth-order valence-corrected chi connectivity index (χ4v) is 1.56. The number of nitrogen functional groups attached to an aromatic ring is 1. The predicted molar refractivity (Wildman–Crippen MR) is 67.4 cm³/mol. The standard InChI is InChI=1S/C11H16N6/c1-16-7-6-13-11(16)8-17(2)10-5-3-4-9(14-10)15-12/h3-7H,8,12H2,1-2H3,(H,14,15). The zero-order valence-corrected chi connectivity index (χ0v) is 9.96. The molecule has 2 aromatic heterocycles. The van der Waals surface area contributed by atoms with Gasteiger partial charge in [0.2, 0.25) is 0 Å². The molecule has 2 heterocycles. The lowest BCUT2D eigenvalue weighted by Gasteiger charge is -2.18. The Bertz CT molecular complexity index is 492. The van der Waals surface area contributed by atoms with Gasteiger partial charge in [0.25, 0.3) is 0 Å². The molecule has 0 aliphatic rings. The number of hydrogen-bond donors (Lipinski definition) is 2. The summed E-state index contributed by atoms with van der Waals surface area (Å²) in [7, 11) is 3.94. The van der Waals surface area contributed by atoms with Crippen molar-refractivity contribution in [1.29, 1.82) is 0 Å². The van der Waals surface area contributed by atoms with Gasteiger partial charge in [0.1, 0.15) is 17.5 Å². The molecule has 0 fully saturated rings. The summed E-state index contributed by atoms with van der Waals surface area (Å²) in [5, 5.41) is 0. The Kier molecular flexibility index (Phi) is 3.24. The fraction of sp³-hybridized carbons (Fsp3) is 0.273. The molecule has 0 radical (unpaired) electrons. The summed E-state index contributed by atoms with van der Waals surface area (Å²) in [4.78, 5) is 10.6. The van der Waals surface area contributed by atoms with E-state index in [2.05, 4.69) is 15.4 Å². The van der Waals surface area contributed by atoms with Gasteiger partial charge >= 0.3 is 0 Å². The average Bonchev–Trinajstić information content (AvgIpc) is 2.75. The number of nitrogens with one attached hydrogen (secondary N) is 1. The highest BCUT2D eigenvalue weighted by atomic mass is 15.3. The minimum atomic E-state index is 0.647. The molecular formula is C11H16N6. The van der Waals surface area contributed by atoms with Gasteiger partial charge in [-0.3, -0.25) is 0 Å². The van der Waals surface area contributed by atoms with E-state index < -0.39 is 0 Å². The Balaban J connectivity index is 2.14. The van der Waals surface area contributed by atoms with Crippen molar-refractivity contribution >= 4 is 11.6 Å². The van der Waals surface area contributed by atoms with E-state index in [0.29, 0.717) is 12.4 Å². The summed E-state index contributed by atoms with van der Waals surface area (Å²) >= 11 is 0. The van der Waals surface area contributed by atoms with Crippen LogP contribution in [0.15, 0.2) is 30.6 Å². The van der Waals surface area contributed by atoms with Gasteiger partial charge in [-0.1, -0.05) is 6.07 Å². The lowest BCUT2D eigenvalue weighted by Crippen LogP contribution is -2.20. The lowest BCUT2D eigenvalue weighted by molar-refractivity contribution is 0.755. The predicted octanol–water partition coefficient (Wildman–Crippen LogP) is 0.737. The molecule has 0 amide bonds. The Hall–Kier alpha value is -2.08. The van der Waals surface area contributed by atoms with Crippen LogP contribution in [0.3, 0.4) is 0 Å². The maximum atomic E-state index is 5.33. The monoisotopic (exact) mass is 232 g/mol. The molecule has 0 saturated carbocycles. The number of aromatic nitrogens is 3. The van der Waals surface area contributed by atoms with Crippen LogP contribution in [0.5, 0.6) is 0 Å². The molecule has 17 heavy (non-hydrogen) atoms. The largest absolute Gasteiger partial charge is 0.352 e. The quantitative estimate of drug-likeness (QED) is 0.601. The first-order valence-electron chi connectivity index (χ1n) is 5.31. The van der Waals surface area contributed by atoms with Crippen molar-refractivity contribution in [3.05, 3.63) is 36.4 Å². The zero-order valence-electron chi connectivity index (χ0n) is 9.96. The molecule has 2 aromatic rings. The van der Waals surface area contributed by atoms with E-state index in [4.69, 9.17) is 5.84 Å². The Morgan fingerprint density at radius 1 is 1.47 bits per heavy atom. The minimum Gasteiger partial charge on any atom is -0.352 e. The van der Waals surface area contributed by atoms with Gasteiger partial charge in [-0.05, 0) is 12.1 Å². The molecule has 6 heteroatoms. The van der Waals surface area contributed by atoms with Crippen molar-refractivity contribution < 1.29 is 0 Å². The number of pyridine rings is 1. The van der Waals surface area contributed by atoms with E-state index >= 15 is 0 Å². The van der Waals surface area contributed by atoms with Gasteiger partial charge in [0.05, 0.1) is 6.54 Å². The summed E-state index contributed by atoms with van der Waals surface area (Å²) < 4.78 is 1.99. The van der Waals surface area contributed by atoms with Crippen LogP contribution in [-0.2, 0) is 13.6 Å². The highest BCUT2D eigenvalue weighted by Gasteiger charge is 2.07. The van der Waals surface area contributed by atoms with Gasteiger partial charge in [-0.25, -0.2) is 15.8 Å². The van der Waals surface area contributed by atoms with E-state index in [-0.39, 0.29) is 0 Å². The topological polar surface area (TPSA) is 72.0 Å². The number of nitrogens with two attached hydrogens (primary N) is 1. The minimum absolute atomic E-state index is 0.647. The number of hydrogen-bond acceptors (Lipinski definition) is 5. The number of rotatable bonds is 4. The smallest absolute Gasteiger partial charge is 0.142 e. The first kappa shape index (κ1) is 11.4. The Morgan fingerprint density at radius 2 is 2.29 bits per heavy atom. The molecular weight excluding hydrogens is 216 g/mol. The number of nitrogens with zero attached hydrogens (tertiary/aromatic N) is 4. The van der Waals surface area contributed by atoms with E-state index in [1.807, 2.05) is 48.0 Å². The van der Waals surface area contributed by atoms with Crippen molar-refractivity contribution in [1.82, 2.24) is 14.5 Å². The van der Waals surface area contributed by atoms with E-state index in [1.165, 1.54) is 0 Å². The Labute approximate surface area is 100 Å². The summed E-state index contributed by atoms with van der Waals surface area (Å²) in [5.74, 6) is 7.82. The summed E-state index contributed by atoms with van der Waals surface area (Å²) in [6.07, 6.45) is 3.71. The first-order chi connectivity index (χ1) is 8.20. The maximum Gasteiger partial charge on any atom is 0.142 e. The summed E-state index contributed by atoms with van der Waals surface area (Å²) in [6.45, 7) is 0.699. The van der Waals surface area contributed by atoms with E-state index in [0.717, 1.165) is 11.6 Å². The molecule has 0 saturated heterocycles. The molecule has 0 atom stereocenters. The van der Waals surface area contributed by atoms with E-state index in [1.54, 1.807) is 6.20 Å². The number of anilines is 2. The van der Waals surface area contributed by atoms with Crippen LogP contribution in [0.4, 0.5) is 11.6 Å². The molecule has 0 spiro atoms. The van der Waals surface area contributed by atoms with Crippen molar-refractivity contribution in [2.75, 3.05) is 17.4 Å². The summed E-state index contributed by atoms with van der Waals surface area (Å²) in [6, 6.07) is 5.66. The lowest BCUT2D eigenvalue weighted by atomic mass is 10.4. The van der Waals surface area contributed by atoms with Crippen LogP contribution < -0.4 is 16.2 Å². The zero-order chi connectivity index (χ0) is 12.3. The van der Waals surface area contributed by atoms with Crippen LogP contribution in [0.2, 0.25) is 0 Å². The van der Waals surface area contributed by atoms with Crippen LogP contribution >= 0.6 is 0 Å². The van der Waals surface area contributed by atoms with Crippen molar-refractivity contribution in [2.24, 2.45) is 12.9 Å². The third kappa shape index (κ3) is 2.54. The number of aryl methyl sites for hydroxylation is 1. The van der Waals surface area contributed by atoms with Gasteiger partial charge < -0.3 is 14.9 Å². The second-order valence-electron chi connectivity index (χ2n) is 3.84. The average molecular weight is 232 g/mol. The highest BCUT2D eigenvalue weighted by molar-refractivity contribution is 5.45. The molecule has 90 valence electrons. The van der Waals surface area contributed by atoms with Crippen LogP contribution in [0, 0.1) is 0 Å². The molecule has 3 N–H and O–H groups in total. The number of hydrazine groups is 1. The molecule has 0 aliphatic carbocycles. The van der Waals surface area contributed by atoms with Gasteiger partial charge in [-0.15, -0.1) is 0 Å². The fourth-order valence-electron chi connectivity index (χ4n) is 1.56. The third-order valence-corrected chi connectivity index (χ3v) is 2.57. The van der Waals surface area contributed by atoms with Crippen molar-refractivity contribution in [3.8, 4) is 0 Å². The van der Waals surface area contributed by atoms with Gasteiger partial charge in [-0.2, -0.15) is 0 Å². The molecule has 0 unspecified atom stereocenters. The normalized spacial score (nSPS) is 10.3. The van der Waals surface area contributed by atoms with Crippen LogP contribution in [-0.4, -0.2) is 21.6 Å². The first-order valence-corrected chi connectivity index (χ1v) is 5.31. The number of imidazole rings is 1. The van der Waals surface area contributed by atoms with Crippen molar-refractivity contribution in [2.45, 2.75) is 6.54 Å². The van der Waals surface area contributed by atoms with Gasteiger partial charge in [0.15, 0.2) is 0 Å². The van der Waals surface area contributed by atoms with Crippen LogP contribution in [0.25, 0.3) is 0 Å². The molecule has 0 aromatic carbocycles. The van der Waals surface area contributed by atoms with Crippen molar-refractivity contribution in [3.63, 3.8) is 0 Å². The van der Waals surface area contributed by atoms with E-state index in [9.17, 15) is 0 Å². The molecule has 0 aliphatic heterocycles. The highest BCUT2D eigenvalue weighted by Crippen LogP contribution is 2.14. The summed E-state index contributed by atoms with van der Waals surface area (Å²) in [5.41, 5.74) is 2.53. The molecule has 2 rings (SSSR count). The molecule has 6 nitrogen and oxygen atoms in total. The maximum absolute atomic E-state index is 5.33. The SMILES string of the molecule is CN(Cc1nccn1C)c1cccc(NN)n1.